The van der Waals surface area contributed by atoms with E-state index in [2.05, 4.69) is 0 Å². The molecule has 1 atom stereocenters. The highest BCUT2D eigenvalue weighted by Crippen LogP contribution is 2.26. The molecule has 4 rings (SSSR count). The van der Waals surface area contributed by atoms with Gasteiger partial charge in [0, 0.05) is 30.9 Å². The number of hydrogen-bond donors (Lipinski definition) is 1. The average Bonchev–Trinajstić information content (AvgIpc) is 3.25. The predicted molar refractivity (Wildman–Crippen MR) is 125 cm³/mol. The van der Waals surface area contributed by atoms with Crippen molar-refractivity contribution in [2.45, 2.75) is 18.9 Å². The lowest BCUT2D eigenvalue weighted by atomic mass is 10.1. The molecular weight excluding hydrogens is 402 g/mol. The first-order chi connectivity index (χ1) is 15.6. The minimum Gasteiger partial charge on any atom is -0.457 e. The lowest BCUT2D eigenvalue weighted by Gasteiger charge is -2.26. The highest BCUT2D eigenvalue weighted by atomic mass is 16.5. The van der Waals surface area contributed by atoms with Crippen LogP contribution in [0.5, 0.6) is 11.5 Å². The van der Waals surface area contributed by atoms with Gasteiger partial charge in [0.1, 0.15) is 18.0 Å². The largest absolute Gasteiger partial charge is 0.457 e. The SMILES string of the molecule is NC1CCN(C(=O)CN(C(=O)Cc2ccccc2)c2cccc(Oc3ccccc3)c2)C1. The standard InChI is InChI=1S/C26H27N3O3/c27-21-14-15-28(18-21)26(31)19-29(25(30)16-20-8-3-1-4-9-20)22-10-7-13-24(17-22)32-23-11-5-2-6-12-23/h1-13,17,21H,14-16,18-19,27H2. The number of carbonyl (C=O) groups is 2. The average molecular weight is 430 g/mol. The number of carbonyl (C=O) groups excluding carboxylic acids is 2. The summed E-state index contributed by atoms with van der Waals surface area (Å²) in [5.41, 5.74) is 7.49. The van der Waals surface area contributed by atoms with Crippen molar-refractivity contribution in [2.75, 3.05) is 24.5 Å². The smallest absolute Gasteiger partial charge is 0.242 e. The van der Waals surface area contributed by atoms with E-state index in [-0.39, 0.29) is 30.8 Å². The fourth-order valence-electron chi connectivity index (χ4n) is 3.78. The second-order valence-electron chi connectivity index (χ2n) is 7.94. The summed E-state index contributed by atoms with van der Waals surface area (Å²) in [4.78, 5) is 29.5. The summed E-state index contributed by atoms with van der Waals surface area (Å²) in [6, 6.07) is 26.2. The minimum atomic E-state index is -0.148. The zero-order chi connectivity index (χ0) is 22.3. The molecule has 0 radical (unpaired) electrons. The maximum Gasteiger partial charge on any atom is 0.242 e. The van der Waals surface area contributed by atoms with Crippen LogP contribution in [0.25, 0.3) is 0 Å². The molecule has 3 aromatic carbocycles. The highest BCUT2D eigenvalue weighted by Gasteiger charge is 2.27. The Morgan fingerprint density at radius 2 is 1.62 bits per heavy atom. The van der Waals surface area contributed by atoms with Crippen LogP contribution in [-0.2, 0) is 16.0 Å². The van der Waals surface area contributed by atoms with E-state index in [1.54, 1.807) is 11.0 Å². The van der Waals surface area contributed by atoms with Gasteiger partial charge in [-0.15, -0.1) is 0 Å². The number of amides is 2. The molecule has 32 heavy (non-hydrogen) atoms. The Morgan fingerprint density at radius 1 is 0.938 bits per heavy atom. The molecule has 1 fully saturated rings. The monoisotopic (exact) mass is 429 g/mol. The van der Waals surface area contributed by atoms with Gasteiger partial charge < -0.3 is 20.3 Å². The molecule has 0 aliphatic carbocycles. The third-order valence-corrected chi connectivity index (χ3v) is 5.48. The molecule has 0 saturated carbocycles. The molecule has 2 amide bonds. The van der Waals surface area contributed by atoms with E-state index in [4.69, 9.17) is 10.5 Å². The van der Waals surface area contributed by atoms with Crippen LogP contribution < -0.4 is 15.4 Å². The van der Waals surface area contributed by atoms with Gasteiger partial charge in [0.05, 0.1) is 6.42 Å². The maximum atomic E-state index is 13.3. The number of anilines is 1. The Labute approximate surface area is 188 Å². The summed E-state index contributed by atoms with van der Waals surface area (Å²) in [5.74, 6) is 1.05. The molecule has 164 valence electrons. The van der Waals surface area contributed by atoms with E-state index in [0.717, 1.165) is 12.0 Å². The maximum absolute atomic E-state index is 13.3. The summed E-state index contributed by atoms with van der Waals surface area (Å²) < 4.78 is 5.94. The first kappa shape index (κ1) is 21.6. The number of para-hydroxylation sites is 1. The van der Waals surface area contributed by atoms with Gasteiger partial charge in [-0.05, 0) is 36.2 Å². The van der Waals surface area contributed by atoms with Gasteiger partial charge in [0.25, 0.3) is 0 Å². The van der Waals surface area contributed by atoms with E-state index in [1.165, 1.54) is 4.90 Å². The minimum absolute atomic E-state index is 0.00461. The van der Waals surface area contributed by atoms with Gasteiger partial charge >= 0.3 is 0 Å². The quantitative estimate of drug-likeness (QED) is 0.623. The molecule has 2 N–H and O–H groups in total. The first-order valence-corrected chi connectivity index (χ1v) is 10.8. The summed E-state index contributed by atoms with van der Waals surface area (Å²) in [6.45, 7) is 1.11. The van der Waals surface area contributed by atoms with Gasteiger partial charge in [0.15, 0.2) is 0 Å². The Balaban J connectivity index is 1.57. The normalized spacial score (nSPS) is 15.4. The van der Waals surface area contributed by atoms with E-state index in [0.29, 0.717) is 30.3 Å². The van der Waals surface area contributed by atoms with Crippen LogP contribution in [0.1, 0.15) is 12.0 Å². The molecule has 1 aliphatic heterocycles. The van der Waals surface area contributed by atoms with Crippen LogP contribution in [0.4, 0.5) is 5.69 Å². The summed E-state index contributed by atoms with van der Waals surface area (Å²) in [5, 5.41) is 0. The Hall–Kier alpha value is -3.64. The number of rotatable bonds is 7. The second kappa shape index (κ2) is 10.1. The predicted octanol–water partition coefficient (Wildman–Crippen LogP) is 3.61. The van der Waals surface area contributed by atoms with Crippen LogP contribution in [0.3, 0.4) is 0 Å². The second-order valence-corrected chi connectivity index (χ2v) is 7.94. The number of benzene rings is 3. The lowest BCUT2D eigenvalue weighted by molar-refractivity contribution is -0.130. The first-order valence-electron chi connectivity index (χ1n) is 10.8. The molecule has 3 aromatic rings. The lowest BCUT2D eigenvalue weighted by Crippen LogP contribution is -2.43. The summed E-state index contributed by atoms with van der Waals surface area (Å²) in [7, 11) is 0. The topological polar surface area (TPSA) is 75.9 Å². The van der Waals surface area contributed by atoms with Crippen molar-refractivity contribution in [3.8, 4) is 11.5 Å². The van der Waals surface area contributed by atoms with Crippen molar-refractivity contribution in [3.63, 3.8) is 0 Å². The van der Waals surface area contributed by atoms with Crippen molar-refractivity contribution in [2.24, 2.45) is 5.73 Å². The third kappa shape index (κ3) is 5.53. The fraction of sp³-hybridized carbons (Fsp3) is 0.231. The number of hydrogen-bond acceptors (Lipinski definition) is 4. The fourth-order valence-corrected chi connectivity index (χ4v) is 3.78. The van der Waals surface area contributed by atoms with Gasteiger partial charge in [-0.3, -0.25) is 9.59 Å². The third-order valence-electron chi connectivity index (χ3n) is 5.48. The van der Waals surface area contributed by atoms with Gasteiger partial charge in [-0.1, -0.05) is 54.6 Å². The number of likely N-dealkylation sites (tertiary alicyclic amines) is 1. The molecular formula is C26H27N3O3. The number of nitrogens with two attached hydrogens (primary N) is 1. The molecule has 1 saturated heterocycles. The van der Waals surface area contributed by atoms with Crippen molar-refractivity contribution >= 4 is 17.5 Å². The zero-order valence-electron chi connectivity index (χ0n) is 17.9. The molecule has 1 aliphatic rings. The van der Waals surface area contributed by atoms with Gasteiger partial charge in [0.2, 0.25) is 11.8 Å². The number of ether oxygens (including phenoxy) is 1. The molecule has 0 spiro atoms. The van der Waals surface area contributed by atoms with E-state index in [1.807, 2.05) is 78.9 Å². The zero-order valence-corrected chi connectivity index (χ0v) is 17.9. The Morgan fingerprint density at radius 3 is 2.31 bits per heavy atom. The van der Waals surface area contributed by atoms with Crippen LogP contribution in [-0.4, -0.2) is 42.4 Å². The van der Waals surface area contributed by atoms with Crippen molar-refractivity contribution in [1.29, 1.82) is 0 Å². The summed E-state index contributed by atoms with van der Waals surface area (Å²) >= 11 is 0. The molecule has 0 bridgehead atoms. The van der Waals surface area contributed by atoms with Crippen molar-refractivity contribution in [1.82, 2.24) is 4.90 Å². The number of nitrogens with zero attached hydrogens (tertiary/aromatic N) is 2. The van der Waals surface area contributed by atoms with Crippen molar-refractivity contribution in [3.05, 3.63) is 90.5 Å². The van der Waals surface area contributed by atoms with E-state index < -0.39 is 0 Å². The van der Waals surface area contributed by atoms with E-state index >= 15 is 0 Å². The highest BCUT2D eigenvalue weighted by molar-refractivity contribution is 5.99. The molecule has 6 nitrogen and oxygen atoms in total. The molecule has 1 unspecified atom stereocenters. The molecule has 1 heterocycles. The van der Waals surface area contributed by atoms with Gasteiger partial charge in [-0.2, -0.15) is 0 Å². The van der Waals surface area contributed by atoms with Gasteiger partial charge in [-0.25, -0.2) is 0 Å². The molecule has 0 aromatic heterocycles. The molecule has 6 heteroatoms. The van der Waals surface area contributed by atoms with E-state index in [9.17, 15) is 9.59 Å². The van der Waals surface area contributed by atoms with Crippen LogP contribution in [0, 0.1) is 0 Å². The summed E-state index contributed by atoms with van der Waals surface area (Å²) in [6.07, 6.45) is 0.988. The van der Waals surface area contributed by atoms with Crippen molar-refractivity contribution < 1.29 is 14.3 Å². The van der Waals surface area contributed by atoms with Crippen LogP contribution in [0.2, 0.25) is 0 Å². The Kier molecular flexibility index (Phi) is 6.82. The van der Waals surface area contributed by atoms with Crippen LogP contribution >= 0.6 is 0 Å². The Bertz CT molecular complexity index is 1060. The van der Waals surface area contributed by atoms with Crippen LogP contribution in [0.15, 0.2) is 84.9 Å².